The van der Waals surface area contributed by atoms with Crippen LogP contribution in [0.1, 0.15) is 23.1 Å². The van der Waals surface area contributed by atoms with Crippen molar-refractivity contribution in [2.24, 2.45) is 0 Å². The topological polar surface area (TPSA) is 55.9 Å². The lowest BCUT2D eigenvalue weighted by molar-refractivity contribution is 0.0378. The first-order chi connectivity index (χ1) is 15.7. The maximum Gasteiger partial charge on any atom is 0.161 e. The molecule has 1 aromatic heterocycles. The number of pyridine rings is 1. The summed E-state index contributed by atoms with van der Waals surface area (Å²) in [5, 5.41) is 4.98. The van der Waals surface area contributed by atoms with Gasteiger partial charge in [-0.1, -0.05) is 11.6 Å². The summed E-state index contributed by atoms with van der Waals surface area (Å²) >= 11 is 0. The van der Waals surface area contributed by atoms with Gasteiger partial charge in [0.2, 0.25) is 0 Å². The SMILES string of the molecule is COc1cc2c(cc1OC)-c1nc3ccc(C)cc3c(NCCCN3CCOCC3)c1C2. The summed E-state index contributed by atoms with van der Waals surface area (Å²) in [5.41, 5.74) is 8.16. The van der Waals surface area contributed by atoms with Crippen LogP contribution >= 0.6 is 0 Å². The molecular formula is C26H31N3O3. The number of aryl methyl sites for hydroxylation is 1. The van der Waals surface area contributed by atoms with Crippen molar-refractivity contribution in [3.8, 4) is 22.8 Å². The Bertz CT molecular complexity index is 1140. The zero-order valence-electron chi connectivity index (χ0n) is 19.2. The maximum absolute atomic E-state index is 5.57. The van der Waals surface area contributed by atoms with E-state index < -0.39 is 0 Å². The van der Waals surface area contributed by atoms with E-state index in [1.54, 1.807) is 14.2 Å². The number of anilines is 1. The summed E-state index contributed by atoms with van der Waals surface area (Å²) in [5.74, 6) is 1.50. The van der Waals surface area contributed by atoms with Crippen LogP contribution in [0.25, 0.3) is 22.2 Å². The van der Waals surface area contributed by atoms with Crippen LogP contribution in [0, 0.1) is 6.92 Å². The van der Waals surface area contributed by atoms with Gasteiger partial charge >= 0.3 is 0 Å². The molecule has 6 heteroatoms. The normalized spacial score (nSPS) is 15.5. The molecule has 0 atom stereocenters. The molecule has 0 saturated carbocycles. The van der Waals surface area contributed by atoms with E-state index in [1.165, 1.54) is 27.8 Å². The van der Waals surface area contributed by atoms with Crippen LogP contribution in [0.3, 0.4) is 0 Å². The first-order valence-electron chi connectivity index (χ1n) is 11.4. The van der Waals surface area contributed by atoms with Crippen molar-refractivity contribution in [1.29, 1.82) is 0 Å². The number of methoxy groups -OCH3 is 2. The van der Waals surface area contributed by atoms with Crippen LogP contribution in [-0.4, -0.2) is 63.5 Å². The fourth-order valence-corrected chi connectivity index (χ4v) is 4.83. The third-order valence-electron chi connectivity index (χ3n) is 6.53. The molecule has 0 unspecified atom stereocenters. The number of ether oxygens (including phenoxy) is 3. The quantitative estimate of drug-likeness (QED) is 0.440. The lowest BCUT2D eigenvalue weighted by atomic mass is 10.0. The molecule has 2 aliphatic rings. The fraction of sp³-hybridized carbons (Fsp3) is 0.423. The van der Waals surface area contributed by atoms with Crippen molar-refractivity contribution < 1.29 is 14.2 Å². The summed E-state index contributed by atoms with van der Waals surface area (Å²) in [7, 11) is 3.36. The molecule has 168 valence electrons. The zero-order chi connectivity index (χ0) is 22.1. The molecule has 5 rings (SSSR count). The van der Waals surface area contributed by atoms with E-state index in [4.69, 9.17) is 19.2 Å². The molecular weight excluding hydrogens is 402 g/mol. The lowest BCUT2D eigenvalue weighted by Crippen LogP contribution is -2.37. The molecule has 1 fully saturated rings. The highest BCUT2D eigenvalue weighted by molar-refractivity contribution is 5.99. The summed E-state index contributed by atoms with van der Waals surface area (Å²) in [6.07, 6.45) is 1.94. The Hall–Kier alpha value is -2.83. The van der Waals surface area contributed by atoms with Gasteiger partial charge in [-0.15, -0.1) is 0 Å². The van der Waals surface area contributed by atoms with Gasteiger partial charge < -0.3 is 19.5 Å². The summed E-state index contributed by atoms with van der Waals surface area (Å²) in [6, 6.07) is 10.7. The number of rotatable bonds is 7. The molecule has 1 aliphatic carbocycles. The number of hydrogen-bond donors (Lipinski definition) is 1. The predicted molar refractivity (Wildman–Crippen MR) is 128 cm³/mol. The van der Waals surface area contributed by atoms with Crippen LogP contribution < -0.4 is 14.8 Å². The van der Waals surface area contributed by atoms with Crippen LogP contribution in [0.5, 0.6) is 11.5 Å². The van der Waals surface area contributed by atoms with Crippen molar-refractivity contribution in [3.05, 3.63) is 47.0 Å². The first kappa shape index (κ1) is 21.0. The highest BCUT2D eigenvalue weighted by Gasteiger charge is 2.27. The van der Waals surface area contributed by atoms with Gasteiger partial charge in [0.05, 0.1) is 38.6 Å². The highest BCUT2D eigenvalue weighted by atomic mass is 16.5. The van der Waals surface area contributed by atoms with E-state index in [2.05, 4.69) is 47.5 Å². The number of nitrogens with one attached hydrogen (secondary N) is 1. The van der Waals surface area contributed by atoms with E-state index >= 15 is 0 Å². The smallest absolute Gasteiger partial charge is 0.161 e. The number of morpholine rings is 1. The molecule has 3 aromatic rings. The second-order valence-corrected chi connectivity index (χ2v) is 8.61. The lowest BCUT2D eigenvalue weighted by Gasteiger charge is -2.26. The number of nitrogens with zero attached hydrogens (tertiary/aromatic N) is 2. The minimum absolute atomic E-state index is 0.741. The molecule has 1 saturated heterocycles. The monoisotopic (exact) mass is 433 g/mol. The van der Waals surface area contributed by atoms with E-state index in [-0.39, 0.29) is 0 Å². The van der Waals surface area contributed by atoms with Crippen molar-refractivity contribution in [2.75, 3.05) is 58.9 Å². The summed E-state index contributed by atoms with van der Waals surface area (Å²) in [4.78, 5) is 7.56. The largest absolute Gasteiger partial charge is 0.493 e. The van der Waals surface area contributed by atoms with Gasteiger partial charge in [0.25, 0.3) is 0 Å². The van der Waals surface area contributed by atoms with Crippen molar-refractivity contribution in [3.63, 3.8) is 0 Å². The fourth-order valence-electron chi connectivity index (χ4n) is 4.83. The molecule has 32 heavy (non-hydrogen) atoms. The van der Waals surface area contributed by atoms with Crippen LogP contribution in [0.15, 0.2) is 30.3 Å². The molecule has 6 nitrogen and oxygen atoms in total. The number of hydrogen-bond acceptors (Lipinski definition) is 6. The minimum atomic E-state index is 0.741. The Morgan fingerprint density at radius 3 is 2.62 bits per heavy atom. The standard InChI is InChI=1S/C26H31N3O3/c1-17-5-6-22-20(13-17)25(27-7-4-8-29-9-11-32-12-10-29)21-14-18-15-23(30-2)24(31-3)16-19(18)26(21)28-22/h5-6,13,15-16H,4,7-12,14H2,1-3H3,(H,27,28). The second kappa shape index (κ2) is 8.96. The average Bonchev–Trinajstić information content (AvgIpc) is 3.18. The van der Waals surface area contributed by atoms with Crippen molar-refractivity contribution in [2.45, 2.75) is 19.8 Å². The van der Waals surface area contributed by atoms with Gasteiger partial charge in [0.1, 0.15) is 0 Å². The maximum atomic E-state index is 5.57. The average molecular weight is 434 g/mol. The number of aromatic nitrogens is 1. The van der Waals surface area contributed by atoms with Gasteiger partial charge in [-0.05, 0) is 49.7 Å². The Labute approximate surface area is 189 Å². The van der Waals surface area contributed by atoms with Crippen molar-refractivity contribution in [1.82, 2.24) is 9.88 Å². The summed E-state index contributed by atoms with van der Waals surface area (Å²) < 4.78 is 16.6. The molecule has 2 heterocycles. The van der Waals surface area contributed by atoms with Crippen molar-refractivity contribution >= 4 is 16.6 Å². The first-order valence-corrected chi connectivity index (χ1v) is 11.4. The van der Waals surface area contributed by atoms with E-state index in [0.29, 0.717) is 0 Å². The number of benzene rings is 2. The molecule has 2 aromatic carbocycles. The van der Waals surface area contributed by atoms with Gasteiger partial charge in [-0.2, -0.15) is 0 Å². The number of fused-ring (bicyclic) bond motifs is 4. The zero-order valence-corrected chi connectivity index (χ0v) is 19.2. The van der Waals surface area contributed by atoms with Gasteiger partial charge in [0.15, 0.2) is 11.5 Å². The molecule has 0 radical (unpaired) electrons. The van der Waals surface area contributed by atoms with E-state index in [0.717, 1.165) is 80.5 Å². The Morgan fingerprint density at radius 1 is 1.06 bits per heavy atom. The Balaban J connectivity index is 1.48. The van der Waals surface area contributed by atoms with E-state index in [1.807, 2.05) is 0 Å². The molecule has 0 amide bonds. The Kier molecular flexibility index (Phi) is 5.89. The molecule has 1 aliphatic heterocycles. The molecule has 1 N–H and O–H groups in total. The molecule has 0 bridgehead atoms. The van der Waals surface area contributed by atoms with Crippen LogP contribution in [0.2, 0.25) is 0 Å². The van der Waals surface area contributed by atoms with Gasteiger partial charge in [-0.3, -0.25) is 4.90 Å². The summed E-state index contributed by atoms with van der Waals surface area (Å²) in [6.45, 7) is 7.92. The third-order valence-corrected chi connectivity index (χ3v) is 6.53. The predicted octanol–water partition coefficient (Wildman–Crippen LogP) is 4.27. The van der Waals surface area contributed by atoms with E-state index in [9.17, 15) is 0 Å². The van der Waals surface area contributed by atoms with Gasteiger partial charge in [0, 0.05) is 48.3 Å². The van der Waals surface area contributed by atoms with Crippen LogP contribution in [-0.2, 0) is 11.2 Å². The van der Waals surface area contributed by atoms with Crippen LogP contribution in [0.4, 0.5) is 5.69 Å². The minimum Gasteiger partial charge on any atom is -0.493 e. The Morgan fingerprint density at radius 2 is 1.84 bits per heavy atom. The highest BCUT2D eigenvalue weighted by Crippen LogP contribution is 2.46. The van der Waals surface area contributed by atoms with Gasteiger partial charge in [-0.25, -0.2) is 4.98 Å². The third kappa shape index (κ3) is 3.89. The molecule has 0 spiro atoms. The second-order valence-electron chi connectivity index (χ2n) is 8.61.